The Morgan fingerprint density at radius 2 is 1.71 bits per heavy atom. The first kappa shape index (κ1) is 21.3. The van der Waals surface area contributed by atoms with Crippen molar-refractivity contribution in [2.45, 2.75) is 26.1 Å². The molecule has 150 valence electrons. The first-order valence-electron chi connectivity index (χ1n) is 7.96. The average Bonchev–Trinajstić information content (AvgIpc) is 2.91. The molecule has 0 aliphatic carbocycles. The molecule has 0 unspecified atom stereocenters. The fourth-order valence-electron chi connectivity index (χ4n) is 2.23. The van der Waals surface area contributed by atoms with E-state index in [9.17, 15) is 24.6 Å². The third-order valence-electron chi connectivity index (χ3n) is 3.37. The van der Waals surface area contributed by atoms with Gasteiger partial charge in [-0.1, -0.05) is 35.1 Å². The van der Waals surface area contributed by atoms with Crippen LogP contribution in [0.5, 0.6) is 0 Å². The number of rotatable bonds is 8. The number of nitrogens with one attached hydrogen (secondary N) is 4. The highest BCUT2D eigenvalue weighted by molar-refractivity contribution is 7.19. The van der Waals surface area contributed by atoms with E-state index < -0.39 is 18.5 Å². The molecule has 0 saturated heterocycles. The lowest BCUT2D eigenvalue weighted by molar-refractivity contribution is -0.255. The second-order valence-electron chi connectivity index (χ2n) is 5.56. The van der Waals surface area contributed by atoms with E-state index >= 15 is 0 Å². The third kappa shape index (κ3) is 6.93. The van der Waals surface area contributed by atoms with Crippen LogP contribution in [0, 0.1) is 0 Å². The standard InChI is InChI=1S/C16H18ClN5O5S/c1-8(23)18-14-20-11(12(17)28-14)7-4-9-2-5-10(6-3-9)19-13(21-15(24)25)22-16(26)27/h2-3,5-6,13,19,21-22H,4,7H2,1H3,(H,24,25)(H,26,27)(H,18,20,23)/p-2. The van der Waals surface area contributed by atoms with E-state index in [2.05, 4.69) is 15.6 Å². The zero-order chi connectivity index (χ0) is 20.7. The van der Waals surface area contributed by atoms with Crippen LogP contribution in [0.2, 0.25) is 4.34 Å². The van der Waals surface area contributed by atoms with Crippen molar-refractivity contribution in [2.75, 3.05) is 10.6 Å². The van der Waals surface area contributed by atoms with Crippen molar-refractivity contribution in [3.05, 3.63) is 39.9 Å². The molecule has 1 aromatic carbocycles. The first-order valence-corrected chi connectivity index (χ1v) is 9.15. The molecule has 0 saturated carbocycles. The van der Waals surface area contributed by atoms with Crippen molar-refractivity contribution >= 4 is 51.9 Å². The molecule has 1 heterocycles. The normalized spacial score (nSPS) is 10.4. The van der Waals surface area contributed by atoms with Crippen LogP contribution >= 0.6 is 22.9 Å². The van der Waals surface area contributed by atoms with E-state index in [-0.39, 0.29) is 5.91 Å². The van der Waals surface area contributed by atoms with Crippen LogP contribution in [0.15, 0.2) is 24.3 Å². The number of thiazole rings is 1. The fraction of sp³-hybridized carbons (Fsp3) is 0.250. The minimum Gasteiger partial charge on any atom is -0.530 e. The van der Waals surface area contributed by atoms with Crippen molar-refractivity contribution < 1.29 is 24.6 Å². The number of anilines is 2. The molecule has 0 bridgehead atoms. The summed E-state index contributed by atoms with van der Waals surface area (Å²) in [6, 6.07) is 6.88. The Hall–Kier alpha value is -3.05. The van der Waals surface area contributed by atoms with Crippen LogP contribution in [0.4, 0.5) is 20.4 Å². The summed E-state index contributed by atoms with van der Waals surface area (Å²) < 4.78 is 0.506. The van der Waals surface area contributed by atoms with E-state index in [0.717, 1.165) is 5.56 Å². The van der Waals surface area contributed by atoms with Crippen LogP contribution in [0.1, 0.15) is 18.2 Å². The van der Waals surface area contributed by atoms with E-state index in [1.54, 1.807) is 24.3 Å². The molecule has 0 radical (unpaired) electrons. The van der Waals surface area contributed by atoms with Crippen molar-refractivity contribution in [3.63, 3.8) is 0 Å². The topological polar surface area (TPSA) is 158 Å². The lowest BCUT2D eigenvalue weighted by Crippen LogP contribution is -2.58. The largest absolute Gasteiger partial charge is 0.530 e. The van der Waals surface area contributed by atoms with Gasteiger partial charge in [0.2, 0.25) is 5.91 Å². The van der Waals surface area contributed by atoms with Crippen molar-refractivity contribution in [1.29, 1.82) is 0 Å². The van der Waals surface area contributed by atoms with E-state index in [1.165, 1.54) is 18.3 Å². The Labute approximate surface area is 168 Å². The van der Waals surface area contributed by atoms with Gasteiger partial charge >= 0.3 is 0 Å². The second kappa shape index (κ2) is 9.76. The molecule has 10 nitrogen and oxygen atoms in total. The predicted molar refractivity (Wildman–Crippen MR) is 99.8 cm³/mol. The van der Waals surface area contributed by atoms with Crippen LogP contribution < -0.4 is 31.5 Å². The van der Waals surface area contributed by atoms with E-state index in [1.807, 2.05) is 10.6 Å². The highest BCUT2D eigenvalue weighted by atomic mass is 35.5. The number of hydrogen-bond donors (Lipinski definition) is 4. The molecule has 1 aromatic heterocycles. The lowest BCUT2D eigenvalue weighted by Gasteiger charge is -2.24. The van der Waals surface area contributed by atoms with Crippen LogP contribution in [0.3, 0.4) is 0 Å². The maximum atomic E-state index is 11.1. The van der Waals surface area contributed by atoms with Crippen LogP contribution in [0.25, 0.3) is 0 Å². The number of carbonyl (C=O) groups is 3. The number of halogens is 1. The van der Waals surface area contributed by atoms with Gasteiger partial charge in [-0.05, 0) is 30.5 Å². The van der Waals surface area contributed by atoms with Crippen LogP contribution in [-0.2, 0) is 17.6 Å². The molecular weight excluding hydrogens is 410 g/mol. The molecule has 28 heavy (non-hydrogen) atoms. The zero-order valence-electron chi connectivity index (χ0n) is 14.6. The van der Waals surface area contributed by atoms with Crippen molar-refractivity contribution in [2.24, 2.45) is 0 Å². The molecule has 0 aliphatic heterocycles. The summed E-state index contributed by atoms with van der Waals surface area (Å²) in [6.45, 7) is 1.39. The number of amides is 3. The molecule has 3 amide bonds. The quantitative estimate of drug-likeness (QED) is 0.436. The van der Waals surface area contributed by atoms with Gasteiger partial charge in [0.25, 0.3) is 0 Å². The molecule has 2 rings (SSSR count). The van der Waals surface area contributed by atoms with E-state index in [4.69, 9.17) is 11.6 Å². The first-order chi connectivity index (χ1) is 13.2. The van der Waals surface area contributed by atoms with Gasteiger partial charge < -0.3 is 41.1 Å². The highest BCUT2D eigenvalue weighted by Gasteiger charge is 2.11. The molecule has 4 N–H and O–H groups in total. The Kier molecular flexibility index (Phi) is 7.41. The second-order valence-corrected chi connectivity index (χ2v) is 7.16. The molecule has 0 atom stereocenters. The summed E-state index contributed by atoms with van der Waals surface area (Å²) in [7, 11) is 0. The molecule has 2 aromatic rings. The average molecular weight is 426 g/mol. The zero-order valence-corrected chi connectivity index (χ0v) is 16.1. The molecular formula is C16H16ClN5O5S-2. The SMILES string of the molecule is CC(=O)Nc1nc(CCc2ccc(NC(NC(=O)[O-])NC(=O)[O-])cc2)c(Cl)s1. The minimum absolute atomic E-state index is 0.223. The summed E-state index contributed by atoms with van der Waals surface area (Å²) in [5.74, 6) is -0.223. The van der Waals surface area contributed by atoms with E-state index in [0.29, 0.717) is 33.7 Å². The minimum atomic E-state index is -1.65. The smallest absolute Gasteiger partial charge is 0.223 e. The van der Waals surface area contributed by atoms with Gasteiger partial charge in [0.05, 0.1) is 5.69 Å². The molecule has 12 heteroatoms. The number of benzene rings is 1. The summed E-state index contributed by atoms with van der Waals surface area (Å²) in [6.07, 6.45) is -3.44. The van der Waals surface area contributed by atoms with Gasteiger partial charge in [-0.15, -0.1) is 0 Å². The van der Waals surface area contributed by atoms with Crippen molar-refractivity contribution in [1.82, 2.24) is 15.6 Å². The maximum Gasteiger partial charge on any atom is 0.223 e. The number of nitrogens with zero attached hydrogens (tertiary/aromatic N) is 1. The summed E-state index contributed by atoms with van der Waals surface area (Å²) in [4.78, 5) is 36.5. The lowest BCUT2D eigenvalue weighted by atomic mass is 10.1. The van der Waals surface area contributed by atoms with Gasteiger partial charge in [0, 0.05) is 12.6 Å². The Morgan fingerprint density at radius 3 is 2.25 bits per heavy atom. The number of aromatic nitrogens is 1. The summed E-state index contributed by atoms with van der Waals surface area (Å²) >= 11 is 7.32. The van der Waals surface area contributed by atoms with Gasteiger partial charge in [-0.3, -0.25) is 4.79 Å². The number of aryl methyl sites for hydroxylation is 2. The predicted octanol–water partition coefficient (Wildman–Crippen LogP) is 0.101. The molecule has 0 aliphatic rings. The highest BCUT2D eigenvalue weighted by Crippen LogP contribution is 2.29. The number of carboxylic acid groups (broad SMARTS) is 2. The Morgan fingerprint density at radius 1 is 1.11 bits per heavy atom. The molecule has 0 fully saturated rings. The van der Waals surface area contributed by atoms with Crippen molar-refractivity contribution in [3.8, 4) is 0 Å². The van der Waals surface area contributed by atoms with Gasteiger partial charge in [0.1, 0.15) is 16.5 Å². The summed E-state index contributed by atoms with van der Waals surface area (Å²) in [5.41, 5.74) is 2.10. The van der Waals surface area contributed by atoms with Gasteiger partial charge in [0.15, 0.2) is 11.4 Å². The summed E-state index contributed by atoms with van der Waals surface area (Å²) in [5, 5.41) is 30.6. The van der Waals surface area contributed by atoms with Gasteiger partial charge in [-0.2, -0.15) is 0 Å². The monoisotopic (exact) mass is 425 g/mol. The Balaban J connectivity index is 1.95. The third-order valence-corrected chi connectivity index (χ3v) is 4.62. The van der Waals surface area contributed by atoms with Gasteiger partial charge in [-0.25, -0.2) is 4.98 Å². The molecule has 0 spiro atoms. The Bertz CT molecular complexity index is 842. The maximum absolute atomic E-state index is 11.1. The number of hydrogen-bond acceptors (Lipinski definition) is 8. The van der Waals surface area contributed by atoms with Crippen LogP contribution in [-0.4, -0.2) is 29.4 Å². The number of carbonyl (C=O) groups excluding carboxylic acids is 3. The fourth-order valence-corrected chi connectivity index (χ4v) is 3.37.